The number of amides is 2. The van der Waals surface area contributed by atoms with Crippen LogP contribution in [-0.4, -0.2) is 51.8 Å². The van der Waals surface area contributed by atoms with Crippen LogP contribution in [0.15, 0.2) is 36.8 Å². The third-order valence-electron chi connectivity index (χ3n) is 4.56. The van der Waals surface area contributed by atoms with Crippen molar-refractivity contribution in [3.05, 3.63) is 52.9 Å². The highest BCUT2D eigenvalue weighted by molar-refractivity contribution is 7.20. The summed E-state index contributed by atoms with van der Waals surface area (Å²) >= 11 is 1.35. The van der Waals surface area contributed by atoms with Crippen LogP contribution < -0.4 is 5.32 Å². The zero-order chi connectivity index (χ0) is 18.1. The number of carbonyl (C=O) groups is 2. The van der Waals surface area contributed by atoms with E-state index in [0.717, 1.165) is 22.3 Å². The molecule has 0 spiro atoms. The first-order valence-electron chi connectivity index (χ1n) is 8.35. The van der Waals surface area contributed by atoms with Gasteiger partial charge in [0.25, 0.3) is 11.8 Å². The number of pyridine rings is 1. The molecule has 0 radical (unpaired) electrons. The van der Waals surface area contributed by atoms with Crippen molar-refractivity contribution in [2.24, 2.45) is 0 Å². The van der Waals surface area contributed by atoms with E-state index in [1.165, 1.54) is 11.3 Å². The smallest absolute Gasteiger partial charge is 0.272 e. The number of hydrogen-bond acceptors (Lipinski definition) is 6. The molecule has 1 aliphatic heterocycles. The number of aromatic nitrogens is 3. The Labute approximate surface area is 154 Å². The molecule has 1 aliphatic rings. The van der Waals surface area contributed by atoms with Crippen LogP contribution in [0.1, 0.15) is 38.1 Å². The molecule has 4 heterocycles. The second-order valence-electron chi connectivity index (χ2n) is 6.09. The van der Waals surface area contributed by atoms with Crippen molar-refractivity contribution in [3.8, 4) is 0 Å². The summed E-state index contributed by atoms with van der Waals surface area (Å²) in [6.07, 6.45) is 5.66. The molecule has 2 amide bonds. The topological polar surface area (TPSA) is 88.1 Å². The number of thiophene rings is 1. The van der Waals surface area contributed by atoms with Gasteiger partial charge < -0.3 is 10.2 Å². The van der Waals surface area contributed by atoms with Crippen molar-refractivity contribution in [3.63, 3.8) is 0 Å². The standard InChI is InChI=1S/C18H17N5O2S/c1-19-16(24)15-13(14-17(26-15)22-8-7-21-14)11-5-9-23(10-11)18(25)12-4-2-3-6-20-12/h2-4,6-8,11H,5,9-10H2,1H3,(H,19,24)/t11-/m1/s1. The molecular formula is C18H17N5O2S. The monoisotopic (exact) mass is 367 g/mol. The summed E-state index contributed by atoms with van der Waals surface area (Å²) in [6.45, 7) is 1.17. The number of nitrogens with zero attached hydrogens (tertiary/aromatic N) is 4. The predicted molar refractivity (Wildman–Crippen MR) is 98.3 cm³/mol. The van der Waals surface area contributed by atoms with Gasteiger partial charge in [-0.3, -0.25) is 19.6 Å². The molecule has 7 nitrogen and oxygen atoms in total. The summed E-state index contributed by atoms with van der Waals surface area (Å²) in [6, 6.07) is 5.31. The number of hydrogen-bond donors (Lipinski definition) is 1. The molecule has 0 bridgehead atoms. The summed E-state index contributed by atoms with van der Waals surface area (Å²) in [5.41, 5.74) is 2.09. The Morgan fingerprint density at radius 1 is 1.19 bits per heavy atom. The highest BCUT2D eigenvalue weighted by Gasteiger charge is 2.33. The number of rotatable bonds is 3. The molecule has 3 aromatic heterocycles. The molecule has 0 saturated carbocycles. The van der Waals surface area contributed by atoms with Crippen LogP contribution in [0.4, 0.5) is 0 Å². The van der Waals surface area contributed by atoms with Crippen LogP contribution in [-0.2, 0) is 0 Å². The van der Waals surface area contributed by atoms with Crippen LogP contribution in [0.2, 0.25) is 0 Å². The Morgan fingerprint density at radius 3 is 2.81 bits per heavy atom. The fourth-order valence-corrected chi connectivity index (χ4v) is 4.47. The van der Waals surface area contributed by atoms with E-state index in [4.69, 9.17) is 0 Å². The van der Waals surface area contributed by atoms with Crippen molar-refractivity contribution in [1.29, 1.82) is 0 Å². The average molecular weight is 367 g/mol. The first-order valence-corrected chi connectivity index (χ1v) is 9.16. The molecule has 132 valence electrons. The van der Waals surface area contributed by atoms with Gasteiger partial charge in [-0.05, 0) is 18.6 Å². The third-order valence-corrected chi connectivity index (χ3v) is 5.67. The van der Waals surface area contributed by atoms with Crippen LogP contribution in [0.3, 0.4) is 0 Å². The summed E-state index contributed by atoms with van der Waals surface area (Å²) in [5, 5.41) is 2.69. The van der Waals surface area contributed by atoms with Gasteiger partial charge in [-0.2, -0.15) is 0 Å². The van der Waals surface area contributed by atoms with Gasteiger partial charge in [-0.1, -0.05) is 6.07 Å². The molecular weight excluding hydrogens is 350 g/mol. The van der Waals surface area contributed by atoms with Gasteiger partial charge >= 0.3 is 0 Å². The number of carbonyl (C=O) groups excluding carboxylic acids is 2. The lowest BCUT2D eigenvalue weighted by Crippen LogP contribution is -2.29. The number of likely N-dealkylation sites (tertiary alicyclic amines) is 1. The minimum atomic E-state index is -0.140. The van der Waals surface area contributed by atoms with Crippen molar-refractivity contribution >= 4 is 33.5 Å². The van der Waals surface area contributed by atoms with Gasteiger partial charge in [0.1, 0.15) is 16.0 Å². The van der Waals surface area contributed by atoms with E-state index >= 15 is 0 Å². The van der Waals surface area contributed by atoms with E-state index in [-0.39, 0.29) is 17.7 Å². The molecule has 3 aromatic rings. The highest BCUT2D eigenvalue weighted by Crippen LogP contribution is 2.38. The van der Waals surface area contributed by atoms with Crippen molar-refractivity contribution in [1.82, 2.24) is 25.2 Å². The molecule has 4 rings (SSSR count). The maximum atomic E-state index is 12.7. The Morgan fingerprint density at radius 2 is 2.04 bits per heavy atom. The first kappa shape index (κ1) is 16.6. The van der Waals surface area contributed by atoms with Gasteiger partial charge in [0, 0.05) is 50.2 Å². The van der Waals surface area contributed by atoms with Crippen molar-refractivity contribution < 1.29 is 9.59 Å². The van der Waals surface area contributed by atoms with Crippen LogP contribution in [0.25, 0.3) is 10.3 Å². The lowest BCUT2D eigenvalue weighted by molar-refractivity contribution is 0.0785. The molecule has 26 heavy (non-hydrogen) atoms. The Balaban J connectivity index is 1.67. The van der Waals surface area contributed by atoms with Crippen LogP contribution >= 0.6 is 11.3 Å². The zero-order valence-corrected chi connectivity index (χ0v) is 15.0. The molecule has 1 fully saturated rings. The summed E-state index contributed by atoms with van der Waals surface area (Å²) in [4.78, 5) is 41.1. The number of nitrogens with one attached hydrogen (secondary N) is 1. The fourth-order valence-electron chi connectivity index (χ4n) is 3.34. The molecule has 0 aliphatic carbocycles. The first-order chi connectivity index (χ1) is 12.7. The molecule has 0 unspecified atom stereocenters. The van der Waals surface area contributed by atoms with Crippen molar-refractivity contribution in [2.45, 2.75) is 12.3 Å². The van der Waals surface area contributed by atoms with E-state index < -0.39 is 0 Å². The number of fused-ring (bicyclic) bond motifs is 1. The summed E-state index contributed by atoms with van der Waals surface area (Å²) in [5.74, 6) is -0.167. The van der Waals surface area contributed by atoms with E-state index in [1.54, 1.807) is 48.7 Å². The highest BCUT2D eigenvalue weighted by atomic mass is 32.1. The molecule has 1 atom stereocenters. The Bertz CT molecular complexity index is 972. The maximum Gasteiger partial charge on any atom is 0.272 e. The van der Waals surface area contributed by atoms with E-state index in [2.05, 4.69) is 20.3 Å². The van der Waals surface area contributed by atoms with E-state index in [0.29, 0.717) is 23.7 Å². The second kappa shape index (κ2) is 6.80. The van der Waals surface area contributed by atoms with E-state index in [9.17, 15) is 9.59 Å². The van der Waals surface area contributed by atoms with Gasteiger partial charge in [0.2, 0.25) is 0 Å². The Hall–Kier alpha value is -2.87. The molecule has 1 N–H and O–H groups in total. The lowest BCUT2D eigenvalue weighted by atomic mass is 9.97. The maximum absolute atomic E-state index is 12.7. The van der Waals surface area contributed by atoms with Gasteiger partial charge in [0.15, 0.2) is 0 Å². The second-order valence-corrected chi connectivity index (χ2v) is 7.08. The minimum absolute atomic E-state index is 0.0559. The SMILES string of the molecule is CNC(=O)c1sc2nccnc2c1[C@@H]1CCN(C(=O)c2ccccn2)C1. The van der Waals surface area contributed by atoms with Crippen LogP contribution in [0, 0.1) is 0 Å². The van der Waals surface area contributed by atoms with Gasteiger partial charge in [-0.15, -0.1) is 11.3 Å². The summed E-state index contributed by atoms with van der Waals surface area (Å²) in [7, 11) is 1.61. The van der Waals surface area contributed by atoms with Gasteiger partial charge in [-0.25, -0.2) is 4.98 Å². The van der Waals surface area contributed by atoms with Crippen molar-refractivity contribution in [2.75, 3.05) is 20.1 Å². The van der Waals surface area contributed by atoms with Gasteiger partial charge in [0.05, 0.1) is 4.88 Å². The fraction of sp³-hybridized carbons (Fsp3) is 0.278. The minimum Gasteiger partial charge on any atom is -0.354 e. The normalized spacial score (nSPS) is 16.8. The molecule has 1 saturated heterocycles. The van der Waals surface area contributed by atoms with Crippen LogP contribution in [0.5, 0.6) is 0 Å². The quantitative estimate of drug-likeness (QED) is 0.766. The lowest BCUT2D eigenvalue weighted by Gasteiger charge is -2.16. The van der Waals surface area contributed by atoms with E-state index in [1.807, 2.05) is 0 Å². The largest absolute Gasteiger partial charge is 0.354 e. The molecule has 0 aromatic carbocycles. The Kier molecular flexibility index (Phi) is 4.34. The zero-order valence-electron chi connectivity index (χ0n) is 14.2. The predicted octanol–water partition coefficient (Wildman–Crippen LogP) is 2.08. The average Bonchev–Trinajstić information content (AvgIpc) is 3.32. The molecule has 8 heteroatoms. The third kappa shape index (κ3) is 2.82. The summed E-state index contributed by atoms with van der Waals surface area (Å²) < 4.78 is 0.